The maximum absolute atomic E-state index is 13.8. The molecule has 11 N–H and O–H groups in total. The molecule has 0 radical (unpaired) electrons. The van der Waals surface area contributed by atoms with Crippen LogP contribution in [0.25, 0.3) is 100 Å². The Labute approximate surface area is 745 Å². The van der Waals surface area contributed by atoms with Crippen LogP contribution in [0.4, 0.5) is 0 Å². The molecule has 6 atom stereocenters. The number of imide groups is 2. The highest BCUT2D eigenvalue weighted by atomic mass is 16.7. The second kappa shape index (κ2) is 43.7. The monoisotopic (exact) mass is 1820 g/mol. The van der Waals surface area contributed by atoms with Crippen LogP contribution in [-0.4, -0.2) is 251 Å². The van der Waals surface area contributed by atoms with Crippen molar-refractivity contribution in [2.75, 3.05) is 62.5 Å². The number of nitrogens with two attached hydrogens (primary N) is 1. The zero-order valence-electron chi connectivity index (χ0n) is 71.5. The Morgan fingerprint density at radius 3 is 0.947 bits per heavy atom. The Kier molecular flexibility index (Phi) is 31.8. The number of ketones is 1. The number of hydrogen-bond donors (Lipinski definition) is 10. The van der Waals surface area contributed by atoms with Gasteiger partial charge in [-0.1, -0.05) is 43.3 Å². The van der Waals surface area contributed by atoms with Gasteiger partial charge in [0.15, 0.2) is 28.0 Å². The topological polar surface area (TPSA) is 633 Å². The van der Waals surface area contributed by atoms with Gasteiger partial charge in [-0.15, -0.1) is 10.1 Å². The molecule has 2 aliphatic heterocycles. The summed E-state index contributed by atoms with van der Waals surface area (Å²) in [6.07, 6.45) is -0.401. The number of carboxylic acids is 2. The number of rotatable bonds is 32. The van der Waals surface area contributed by atoms with E-state index >= 15 is 0 Å². The van der Waals surface area contributed by atoms with Gasteiger partial charge in [0, 0.05) is 65.5 Å². The number of amides is 8. The number of carbonyl (C=O) groups excluding carboxylic acids is 11. The highest BCUT2D eigenvalue weighted by molar-refractivity contribution is 6.13. The Morgan fingerprint density at radius 2 is 0.659 bits per heavy atom. The van der Waals surface area contributed by atoms with Gasteiger partial charge in [0.1, 0.15) is 104 Å². The number of nitrogens with one attached hydrogen (secondary N) is 4. The van der Waals surface area contributed by atoms with Gasteiger partial charge in [0.25, 0.3) is 35.4 Å². The molecular weight excluding hydrogens is 1730 g/mol. The summed E-state index contributed by atoms with van der Waals surface area (Å²) >= 11 is 0. The second-order valence-electron chi connectivity index (χ2n) is 28.7. The third-order valence-electron chi connectivity index (χ3n) is 20.0. The molecule has 8 heterocycles. The van der Waals surface area contributed by atoms with Gasteiger partial charge >= 0.3 is 23.9 Å². The van der Waals surface area contributed by atoms with E-state index in [0.29, 0.717) is 89.2 Å². The smallest absolute Gasteiger partial charge is 0.382 e. The number of hydroxylamine groups is 4. The number of hydrogen-bond acceptors (Lipinski definition) is 37. The van der Waals surface area contributed by atoms with Crippen molar-refractivity contribution in [3.8, 4) is 102 Å². The van der Waals surface area contributed by atoms with Crippen LogP contribution in [0, 0.1) is 5.92 Å². The van der Waals surface area contributed by atoms with E-state index in [1.807, 2.05) is 0 Å². The van der Waals surface area contributed by atoms with E-state index in [9.17, 15) is 72.5 Å². The van der Waals surface area contributed by atoms with Gasteiger partial charge < -0.3 is 90.6 Å². The van der Waals surface area contributed by atoms with Crippen molar-refractivity contribution in [2.45, 2.75) is 83.1 Å². The normalized spacial score (nSPS) is 13.5. The molecule has 2 fully saturated rings. The molecule has 132 heavy (non-hydrogen) atoms. The average molecular weight is 1820 g/mol. The largest absolute Gasteiger partial charge is 0.497 e. The number of aromatic nitrogens is 9. The molecule has 8 amide bonds. The number of Topliss-reactive ketones (excluding diaryl/α,β-unsaturated/α-hetero) is 1. The number of fused-ring (bicyclic) bond motifs is 3. The number of methoxy groups -OCH3 is 6. The minimum Gasteiger partial charge on any atom is -0.497 e. The molecule has 6 aromatic heterocycles. The van der Waals surface area contributed by atoms with Crippen LogP contribution < -0.4 is 55.4 Å². The van der Waals surface area contributed by atoms with Crippen molar-refractivity contribution in [1.82, 2.24) is 77.3 Å². The zero-order chi connectivity index (χ0) is 95.3. The standard InChI is InChI=1S/C30H28N6O10.C26H25N5O8.C24H18N4O7.C7H13NO4/c1-15(30(42)45-36-21(38)12-13-22(36)39)31-28(40)20(14-37)32-29(41)26-23(16-4-8-18(43-2)9-5-16)25-27(35-46-34-25)24(33-26)17-6-10-19(44-3)11-7-17;1-13(26(35)36)27-24(33)18(12-32)28-25(34)22-19(14-4-8-16(37-2)9-5-14)21-23(31-39-30-21)20(29-22)15-6-10-17(38-3)11-7-15;1-32-15-7-3-13(4-8-15)19-21-23(27-35-26-21)20(14-5-9-16(33-2)10-6-14)25-22(19)24(31)34-28-17(29)11-12-18(28)30;1-4(7(11)12)2-6(10)5(8)3-9/h4-11,15,20,37H,12-14H2,1-3H3,(H,31,40)(H,32,41);4-11,13,18,32H,12H2,1-3H3,(H,27,33)(H,28,34)(H,35,36);3-10H,11-12H2,1-2H3;4-5,9H,2-3,8H2,1H3,(H,11,12). The van der Waals surface area contributed by atoms with Gasteiger partial charge in [-0.2, -0.15) is 0 Å². The molecule has 0 aliphatic carbocycles. The summed E-state index contributed by atoms with van der Waals surface area (Å²) in [6.45, 7) is 1.83. The van der Waals surface area contributed by atoms with Crippen LogP contribution in [0.5, 0.6) is 34.5 Å². The molecule has 6 unspecified atom stereocenters. The van der Waals surface area contributed by atoms with E-state index in [1.165, 1.54) is 56.3 Å². The van der Waals surface area contributed by atoms with Crippen molar-refractivity contribution in [2.24, 2.45) is 11.7 Å². The van der Waals surface area contributed by atoms with Gasteiger partial charge in [0.05, 0.1) is 74.4 Å². The molecule has 12 aromatic rings. The molecule has 2 aliphatic rings. The molecule has 14 rings (SSSR count). The van der Waals surface area contributed by atoms with E-state index in [2.05, 4.69) is 67.2 Å². The number of aliphatic carboxylic acids is 2. The summed E-state index contributed by atoms with van der Waals surface area (Å²) in [7, 11) is 9.16. The van der Waals surface area contributed by atoms with Crippen molar-refractivity contribution in [1.29, 1.82) is 0 Å². The summed E-state index contributed by atoms with van der Waals surface area (Å²) < 4.78 is 46.5. The highest BCUT2D eigenvalue weighted by Crippen LogP contribution is 2.41. The van der Waals surface area contributed by atoms with E-state index in [-0.39, 0.29) is 105 Å². The molecule has 2 saturated heterocycles. The van der Waals surface area contributed by atoms with Crippen LogP contribution in [0.2, 0.25) is 0 Å². The minimum absolute atomic E-state index is 0.0335. The first-order chi connectivity index (χ1) is 63.4. The highest BCUT2D eigenvalue weighted by Gasteiger charge is 2.39. The number of benzene rings is 6. The third-order valence-corrected chi connectivity index (χ3v) is 20.0. The lowest BCUT2D eigenvalue weighted by Gasteiger charge is -2.21. The van der Waals surface area contributed by atoms with Crippen molar-refractivity contribution < 1.29 is 140 Å². The van der Waals surface area contributed by atoms with Crippen molar-refractivity contribution in [3.63, 3.8) is 0 Å². The fraction of sp³-hybridized carbons (Fsp3) is 0.264. The SMILES string of the molecule is CC(CC(=O)C(N)CO)C(=O)O.COc1ccc(-c2nc(C(=O)NC(CO)C(=O)NC(C)C(=O)O)c(-c3ccc(OC)cc3)c3nonc23)cc1.COc1ccc(-c2nc(C(=O)NC(CO)C(=O)NC(C)C(=O)ON3C(=O)CCC3=O)c(-c3ccc(OC)cc3)c3nonc23)cc1.COc1ccc(-c2nc(C(=O)ON3C(=O)CCC3=O)c(-c3ccc(OC)cc3)c3nonc23)cc1. The van der Waals surface area contributed by atoms with Crippen molar-refractivity contribution >= 4 is 110 Å². The van der Waals surface area contributed by atoms with E-state index in [4.69, 9.17) is 73.0 Å². The number of aliphatic hydroxyl groups excluding tert-OH is 3. The lowest BCUT2D eigenvalue weighted by Crippen LogP contribution is -2.53. The number of pyridine rings is 3. The van der Waals surface area contributed by atoms with Gasteiger partial charge in [-0.05, 0) is 171 Å². The van der Waals surface area contributed by atoms with Gasteiger partial charge in [-0.25, -0.2) is 38.4 Å². The summed E-state index contributed by atoms with van der Waals surface area (Å²) in [6, 6.07) is 34.3. The number of carboxylic acid groups (broad SMARTS) is 2. The fourth-order valence-corrected chi connectivity index (χ4v) is 12.8. The van der Waals surface area contributed by atoms with Crippen LogP contribution in [0.15, 0.2) is 159 Å². The average Bonchev–Trinajstić information content (AvgIpc) is 1.45. The summed E-state index contributed by atoms with van der Waals surface area (Å²) in [5.74, 6) is -8.15. The van der Waals surface area contributed by atoms with Crippen LogP contribution in [-0.2, 0) is 57.6 Å². The van der Waals surface area contributed by atoms with Gasteiger partial charge in [-0.3, -0.25) is 52.7 Å². The number of nitrogens with zero attached hydrogens (tertiary/aromatic N) is 11. The molecule has 6 aromatic carbocycles. The van der Waals surface area contributed by atoms with Gasteiger partial charge in [0.2, 0.25) is 11.8 Å². The number of carbonyl (C=O) groups is 13. The molecule has 0 bridgehead atoms. The summed E-state index contributed by atoms with van der Waals surface area (Å²) in [5.41, 5.74) is 11.1. The van der Waals surface area contributed by atoms with Crippen LogP contribution in [0.1, 0.15) is 84.3 Å². The molecule has 45 nitrogen and oxygen atoms in total. The lowest BCUT2D eigenvalue weighted by atomic mass is 9.98. The maximum Gasteiger partial charge on any atom is 0.382 e. The molecule has 45 heteroatoms. The number of ether oxygens (including phenoxy) is 6. The first-order valence-corrected chi connectivity index (χ1v) is 39.7. The maximum atomic E-state index is 13.8. The Bertz CT molecular complexity index is 6260. The molecule has 0 saturated carbocycles. The van der Waals surface area contributed by atoms with E-state index in [1.54, 1.807) is 153 Å². The Morgan fingerprint density at radius 1 is 0.379 bits per heavy atom. The van der Waals surface area contributed by atoms with E-state index in [0.717, 1.165) is 0 Å². The van der Waals surface area contributed by atoms with Crippen molar-refractivity contribution in [3.05, 3.63) is 163 Å². The fourth-order valence-electron chi connectivity index (χ4n) is 12.8. The molecule has 0 spiro atoms. The second-order valence-corrected chi connectivity index (χ2v) is 28.7. The lowest BCUT2D eigenvalue weighted by molar-refractivity contribution is -0.198. The first kappa shape index (κ1) is 96.0. The summed E-state index contributed by atoms with van der Waals surface area (Å²) in [5, 5.41) is 80.2. The predicted octanol–water partition coefficient (Wildman–Crippen LogP) is 5.00. The zero-order valence-corrected chi connectivity index (χ0v) is 71.5. The molecule has 686 valence electrons. The molecular formula is C87H84N16O29. The van der Waals surface area contributed by atoms with Crippen LogP contribution >= 0.6 is 0 Å². The predicted molar refractivity (Wildman–Crippen MR) is 455 cm³/mol. The Hall–Kier alpha value is -16.7. The first-order valence-electron chi connectivity index (χ1n) is 39.7. The van der Waals surface area contributed by atoms with Crippen LogP contribution in [0.3, 0.4) is 0 Å². The van der Waals surface area contributed by atoms with E-state index < -0.39 is 133 Å². The minimum atomic E-state index is -1.56. The quantitative estimate of drug-likeness (QED) is 0.0248. The third kappa shape index (κ3) is 22.3. The Balaban J connectivity index is 0.000000181. The number of aliphatic hydroxyl groups is 3. The summed E-state index contributed by atoms with van der Waals surface area (Å²) in [4.78, 5) is 183.